The van der Waals surface area contributed by atoms with Gasteiger partial charge in [-0.05, 0) is 38.3 Å². The topological polar surface area (TPSA) is 90.6 Å². The van der Waals surface area contributed by atoms with Crippen LogP contribution in [0.4, 0.5) is 5.95 Å². The molecule has 2 aromatic rings. The smallest absolute Gasteiger partial charge is 0.258 e. The van der Waals surface area contributed by atoms with Gasteiger partial charge in [-0.2, -0.15) is 24.7 Å². The van der Waals surface area contributed by atoms with Gasteiger partial charge in [-0.1, -0.05) is 0 Å². The van der Waals surface area contributed by atoms with Crippen molar-refractivity contribution >= 4 is 17.5 Å². The van der Waals surface area contributed by atoms with Gasteiger partial charge in [0.2, 0.25) is 11.2 Å². The lowest BCUT2D eigenvalue weighted by atomic mass is 9.94. The van der Waals surface area contributed by atoms with E-state index in [0.717, 1.165) is 12.8 Å². The highest BCUT2D eigenvalue weighted by Gasteiger charge is 2.29. The lowest BCUT2D eigenvalue weighted by Gasteiger charge is -2.35. The van der Waals surface area contributed by atoms with E-state index < -0.39 is 0 Å². The molecule has 0 aliphatic carbocycles. The number of rotatable bonds is 3. The van der Waals surface area contributed by atoms with Gasteiger partial charge < -0.3 is 10.1 Å². The van der Waals surface area contributed by atoms with Crippen LogP contribution in [0.5, 0.6) is 0 Å². The fourth-order valence-electron chi connectivity index (χ4n) is 2.36. The number of halogens is 1. The quantitative estimate of drug-likeness (QED) is 0.918. The van der Waals surface area contributed by atoms with E-state index in [-0.39, 0.29) is 16.9 Å². The van der Waals surface area contributed by atoms with Gasteiger partial charge in [-0.25, -0.2) is 4.98 Å². The predicted octanol–water partition coefficient (Wildman–Crippen LogP) is 1.48. The second kappa shape index (κ2) is 5.53. The second-order valence-electron chi connectivity index (χ2n) is 5.51. The Labute approximate surface area is 126 Å². The van der Waals surface area contributed by atoms with Gasteiger partial charge in [0.25, 0.3) is 5.95 Å². The summed E-state index contributed by atoms with van der Waals surface area (Å²) in [6.07, 6.45) is 4.68. The molecule has 8 nitrogen and oxygen atoms in total. The van der Waals surface area contributed by atoms with Crippen molar-refractivity contribution in [2.75, 3.05) is 11.9 Å². The van der Waals surface area contributed by atoms with Crippen molar-refractivity contribution in [3.63, 3.8) is 0 Å². The molecule has 3 rings (SSSR count). The molecule has 0 amide bonds. The first-order valence-electron chi connectivity index (χ1n) is 6.69. The van der Waals surface area contributed by atoms with E-state index in [4.69, 9.17) is 16.3 Å². The molecule has 0 spiro atoms. The molecular formula is C12H16ClN7O. The number of hydrogen-bond acceptors (Lipinski definition) is 7. The summed E-state index contributed by atoms with van der Waals surface area (Å²) in [5.74, 6) is 0.768. The Kier molecular flexibility index (Phi) is 3.73. The van der Waals surface area contributed by atoms with E-state index in [1.165, 1.54) is 17.3 Å². The summed E-state index contributed by atoms with van der Waals surface area (Å²) < 4.78 is 7.14. The standard InChI is InChI=1S/C12H16ClN7O/c1-12(2)5-8(3-4-21-12)16-10-17-9(13)18-11(19-10)20-7-14-6-15-20/h6-8H,3-5H2,1-2H3,(H,16,17,18,19). The van der Waals surface area contributed by atoms with Crippen molar-refractivity contribution in [2.45, 2.75) is 38.3 Å². The summed E-state index contributed by atoms with van der Waals surface area (Å²) >= 11 is 5.95. The first kappa shape index (κ1) is 14.2. The molecule has 0 radical (unpaired) electrons. The van der Waals surface area contributed by atoms with E-state index in [0.29, 0.717) is 18.5 Å². The van der Waals surface area contributed by atoms with Gasteiger partial charge in [-0.15, -0.1) is 0 Å². The first-order valence-corrected chi connectivity index (χ1v) is 7.07. The molecule has 0 saturated carbocycles. The predicted molar refractivity (Wildman–Crippen MR) is 76.4 cm³/mol. The summed E-state index contributed by atoms with van der Waals surface area (Å²) in [7, 11) is 0. The summed E-state index contributed by atoms with van der Waals surface area (Å²) in [5.41, 5.74) is -0.151. The summed E-state index contributed by atoms with van der Waals surface area (Å²) in [5, 5.41) is 7.39. The average molecular weight is 310 g/mol. The van der Waals surface area contributed by atoms with Crippen LogP contribution in [0.15, 0.2) is 12.7 Å². The number of aromatic nitrogens is 6. The van der Waals surface area contributed by atoms with Crippen molar-refractivity contribution in [1.82, 2.24) is 29.7 Å². The van der Waals surface area contributed by atoms with Gasteiger partial charge in [0, 0.05) is 12.6 Å². The van der Waals surface area contributed by atoms with Crippen LogP contribution in [0.2, 0.25) is 5.28 Å². The Bertz CT molecular complexity index is 616. The van der Waals surface area contributed by atoms with Gasteiger partial charge in [-0.3, -0.25) is 0 Å². The van der Waals surface area contributed by atoms with E-state index in [1.807, 2.05) is 0 Å². The SMILES string of the molecule is CC1(C)CC(Nc2nc(Cl)nc(-n3cncn3)n2)CCO1. The molecule has 1 aliphatic heterocycles. The molecule has 1 N–H and O–H groups in total. The normalized spacial score (nSPS) is 21.2. The van der Waals surface area contributed by atoms with Crippen LogP contribution >= 0.6 is 11.6 Å². The largest absolute Gasteiger partial charge is 0.375 e. The van der Waals surface area contributed by atoms with Crippen molar-refractivity contribution in [3.8, 4) is 5.95 Å². The average Bonchev–Trinajstić information content (AvgIpc) is 2.90. The molecule has 0 bridgehead atoms. The fourth-order valence-corrected chi connectivity index (χ4v) is 2.51. The number of hydrogen-bond donors (Lipinski definition) is 1. The van der Waals surface area contributed by atoms with Crippen LogP contribution in [-0.4, -0.2) is 48.0 Å². The number of nitrogens with zero attached hydrogens (tertiary/aromatic N) is 6. The summed E-state index contributed by atoms with van der Waals surface area (Å²) in [6, 6.07) is 0.232. The zero-order valence-corrected chi connectivity index (χ0v) is 12.6. The van der Waals surface area contributed by atoms with E-state index >= 15 is 0 Å². The molecule has 9 heteroatoms. The lowest BCUT2D eigenvalue weighted by molar-refractivity contribution is -0.0553. The number of ether oxygens (including phenoxy) is 1. The number of nitrogens with one attached hydrogen (secondary N) is 1. The summed E-state index contributed by atoms with van der Waals surface area (Å²) in [4.78, 5) is 16.3. The van der Waals surface area contributed by atoms with E-state index in [9.17, 15) is 0 Å². The van der Waals surface area contributed by atoms with Crippen molar-refractivity contribution in [2.24, 2.45) is 0 Å². The highest BCUT2D eigenvalue weighted by molar-refractivity contribution is 6.28. The second-order valence-corrected chi connectivity index (χ2v) is 5.85. The minimum absolute atomic E-state index is 0.115. The zero-order valence-electron chi connectivity index (χ0n) is 11.8. The van der Waals surface area contributed by atoms with Crippen LogP contribution in [0, 0.1) is 0 Å². The van der Waals surface area contributed by atoms with Gasteiger partial charge in [0.15, 0.2) is 0 Å². The zero-order chi connectivity index (χ0) is 14.9. The molecule has 1 aliphatic rings. The lowest BCUT2D eigenvalue weighted by Crippen LogP contribution is -2.40. The van der Waals surface area contributed by atoms with Crippen LogP contribution in [0.3, 0.4) is 0 Å². The van der Waals surface area contributed by atoms with E-state index in [1.54, 1.807) is 0 Å². The van der Waals surface area contributed by atoms with Crippen LogP contribution in [0.25, 0.3) is 5.95 Å². The first-order chi connectivity index (χ1) is 10.0. The Hall–Kier alpha value is -1.80. The maximum atomic E-state index is 5.95. The molecule has 112 valence electrons. The van der Waals surface area contributed by atoms with Gasteiger partial charge >= 0.3 is 0 Å². The van der Waals surface area contributed by atoms with Gasteiger partial charge in [0.05, 0.1) is 5.60 Å². The van der Waals surface area contributed by atoms with Crippen LogP contribution in [0.1, 0.15) is 26.7 Å². The fraction of sp³-hybridized carbons (Fsp3) is 0.583. The molecule has 0 aromatic carbocycles. The monoisotopic (exact) mass is 309 g/mol. The Morgan fingerprint density at radius 1 is 1.38 bits per heavy atom. The maximum Gasteiger partial charge on any atom is 0.258 e. The van der Waals surface area contributed by atoms with Crippen LogP contribution in [-0.2, 0) is 4.74 Å². The molecule has 3 heterocycles. The third-order valence-corrected chi connectivity index (χ3v) is 3.42. The minimum Gasteiger partial charge on any atom is -0.375 e. The molecule has 1 atom stereocenters. The third kappa shape index (κ3) is 3.45. The van der Waals surface area contributed by atoms with E-state index in [2.05, 4.69) is 44.2 Å². The molecule has 2 aromatic heterocycles. The minimum atomic E-state index is -0.151. The molecule has 1 saturated heterocycles. The number of anilines is 1. The highest BCUT2D eigenvalue weighted by atomic mass is 35.5. The molecule has 21 heavy (non-hydrogen) atoms. The van der Waals surface area contributed by atoms with Crippen LogP contribution < -0.4 is 5.32 Å². The Morgan fingerprint density at radius 2 is 2.24 bits per heavy atom. The third-order valence-electron chi connectivity index (χ3n) is 3.25. The molecule has 1 fully saturated rings. The Balaban J connectivity index is 1.79. The highest BCUT2D eigenvalue weighted by Crippen LogP contribution is 2.25. The van der Waals surface area contributed by atoms with Crippen molar-refractivity contribution in [1.29, 1.82) is 0 Å². The van der Waals surface area contributed by atoms with Crippen molar-refractivity contribution in [3.05, 3.63) is 17.9 Å². The van der Waals surface area contributed by atoms with Crippen molar-refractivity contribution < 1.29 is 4.74 Å². The summed E-state index contributed by atoms with van der Waals surface area (Å²) in [6.45, 7) is 4.85. The Morgan fingerprint density at radius 3 is 2.95 bits per heavy atom. The molecule has 1 unspecified atom stereocenters. The molecular weight excluding hydrogens is 294 g/mol. The van der Waals surface area contributed by atoms with Gasteiger partial charge in [0.1, 0.15) is 12.7 Å². The maximum absolute atomic E-state index is 5.95.